The minimum Gasteiger partial charge on any atom is -0.464 e. The fourth-order valence-electron chi connectivity index (χ4n) is 0.419. The van der Waals surface area contributed by atoms with Crippen molar-refractivity contribution in [3.8, 4) is 0 Å². The van der Waals surface area contributed by atoms with Crippen LogP contribution >= 0.6 is 0 Å². The number of ketones is 1. The maximum absolute atomic E-state index is 10.7. The fourth-order valence-corrected chi connectivity index (χ4v) is 0.419. The van der Waals surface area contributed by atoms with Gasteiger partial charge in [0.1, 0.15) is 6.61 Å². The molecule has 0 aromatic rings. The molecular weight excluding hydrogens is 150 g/mol. The summed E-state index contributed by atoms with van der Waals surface area (Å²) in [5.74, 6) is -1.62. The summed E-state index contributed by atoms with van der Waals surface area (Å²) in [5, 5.41) is 6.90. The second-order valence-corrected chi connectivity index (χ2v) is 1.72. The molecule has 0 atom stereocenters. The van der Waals surface area contributed by atoms with Gasteiger partial charge in [-0.25, -0.2) is 4.79 Å². The second-order valence-electron chi connectivity index (χ2n) is 1.72. The molecule has 0 saturated carbocycles. The van der Waals surface area contributed by atoms with Crippen molar-refractivity contribution in [2.75, 3.05) is 20.8 Å². The summed E-state index contributed by atoms with van der Waals surface area (Å²) < 4.78 is 8.56. The van der Waals surface area contributed by atoms with E-state index < -0.39 is 17.5 Å². The molecule has 0 heterocycles. The fraction of sp³-hybridized carbons (Fsp3) is 0.500. The lowest BCUT2D eigenvalue weighted by Crippen LogP contribution is -2.27. The lowest BCUT2D eigenvalue weighted by Gasteiger charge is -1.98. The molecule has 0 aliphatic rings. The molecule has 0 radical (unpaired) electrons. The largest absolute Gasteiger partial charge is 0.464 e. The third-order valence-electron chi connectivity index (χ3n) is 0.944. The van der Waals surface area contributed by atoms with E-state index in [-0.39, 0.29) is 6.61 Å². The van der Waals surface area contributed by atoms with Gasteiger partial charge in [-0.1, -0.05) is 0 Å². The molecule has 11 heavy (non-hydrogen) atoms. The number of ether oxygens (including phenoxy) is 2. The van der Waals surface area contributed by atoms with Gasteiger partial charge in [0.2, 0.25) is 5.78 Å². The number of Topliss-reactive ketones (excluding diaryl/α,β-unsaturated/α-hetero) is 1. The Balaban J connectivity index is 4.03. The highest BCUT2D eigenvalue weighted by Gasteiger charge is 2.17. The predicted molar refractivity (Wildman–Crippen MR) is 36.6 cm³/mol. The number of nitrogens with one attached hydrogen (secondary N) is 1. The molecule has 0 rings (SSSR count). The molecule has 5 nitrogen and oxygen atoms in total. The van der Waals surface area contributed by atoms with Gasteiger partial charge in [-0.2, -0.15) is 0 Å². The van der Waals surface area contributed by atoms with Gasteiger partial charge in [-0.05, 0) is 0 Å². The van der Waals surface area contributed by atoms with E-state index in [0.717, 1.165) is 7.11 Å². The van der Waals surface area contributed by atoms with Crippen molar-refractivity contribution >= 4 is 17.5 Å². The van der Waals surface area contributed by atoms with E-state index in [4.69, 9.17) is 5.41 Å². The standard InChI is InChI=1S/C6H9NO4/c1-10-3-4(8)5(7)6(9)11-2/h7H,3H2,1-2H3. The first-order valence-electron chi connectivity index (χ1n) is 2.82. The van der Waals surface area contributed by atoms with Crippen LogP contribution in [0.5, 0.6) is 0 Å². The molecule has 0 saturated heterocycles. The number of carbonyl (C=O) groups is 2. The van der Waals surface area contributed by atoms with Gasteiger partial charge in [0.15, 0.2) is 5.71 Å². The zero-order valence-electron chi connectivity index (χ0n) is 6.34. The van der Waals surface area contributed by atoms with Crippen molar-refractivity contribution in [1.82, 2.24) is 0 Å². The van der Waals surface area contributed by atoms with Gasteiger partial charge < -0.3 is 9.47 Å². The van der Waals surface area contributed by atoms with Crippen LogP contribution < -0.4 is 0 Å². The molecule has 0 unspecified atom stereocenters. The Kier molecular flexibility index (Phi) is 4.05. The molecule has 62 valence electrons. The quantitative estimate of drug-likeness (QED) is 0.337. The highest BCUT2D eigenvalue weighted by atomic mass is 16.5. The van der Waals surface area contributed by atoms with Crippen molar-refractivity contribution < 1.29 is 19.1 Å². The first kappa shape index (κ1) is 9.77. The van der Waals surface area contributed by atoms with Crippen LogP contribution in [0.4, 0.5) is 0 Å². The Labute approximate surface area is 63.8 Å². The molecule has 0 fully saturated rings. The predicted octanol–water partition coefficient (Wildman–Crippen LogP) is -0.605. The zero-order valence-corrected chi connectivity index (χ0v) is 6.34. The Hall–Kier alpha value is -1.23. The van der Waals surface area contributed by atoms with Crippen LogP contribution in [-0.2, 0) is 19.1 Å². The summed E-state index contributed by atoms with van der Waals surface area (Å²) >= 11 is 0. The van der Waals surface area contributed by atoms with Gasteiger partial charge in [0.05, 0.1) is 7.11 Å². The third-order valence-corrected chi connectivity index (χ3v) is 0.944. The average molecular weight is 159 g/mol. The zero-order chi connectivity index (χ0) is 8.85. The van der Waals surface area contributed by atoms with Crippen molar-refractivity contribution in [2.24, 2.45) is 0 Å². The molecular formula is C6H9NO4. The lowest BCUT2D eigenvalue weighted by molar-refractivity contribution is -0.133. The van der Waals surface area contributed by atoms with E-state index in [2.05, 4.69) is 9.47 Å². The summed E-state index contributed by atoms with van der Waals surface area (Å²) in [7, 11) is 2.42. The summed E-state index contributed by atoms with van der Waals surface area (Å²) in [6.45, 7) is -0.270. The number of hydrogen-bond acceptors (Lipinski definition) is 5. The third kappa shape index (κ3) is 2.90. The number of esters is 1. The maximum Gasteiger partial charge on any atom is 0.359 e. The monoisotopic (exact) mass is 159 g/mol. The van der Waals surface area contributed by atoms with Crippen LogP contribution in [0.3, 0.4) is 0 Å². The van der Waals surface area contributed by atoms with Gasteiger partial charge in [-0.3, -0.25) is 10.2 Å². The highest BCUT2D eigenvalue weighted by molar-refractivity contribution is 6.63. The normalized spacial score (nSPS) is 8.91. The lowest BCUT2D eigenvalue weighted by atomic mass is 10.2. The molecule has 0 bridgehead atoms. The molecule has 0 amide bonds. The van der Waals surface area contributed by atoms with Gasteiger partial charge in [0.25, 0.3) is 0 Å². The first-order valence-corrected chi connectivity index (χ1v) is 2.82. The van der Waals surface area contributed by atoms with E-state index in [1.54, 1.807) is 0 Å². The smallest absolute Gasteiger partial charge is 0.359 e. The topological polar surface area (TPSA) is 76.5 Å². The molecule has 0 aliphatic carbocycles. The Morgan fingerprint density at radius 3 is 2.27 bits per heavy atom. The first-order chi connectivity index (χ1) is 5.13. The van der Waals surface area contributed by atoms with Crippen LogP contribution in [0.25, 0.3) is 0 Å². The van der Waals surface area contributed by atoms with Crippen LogP contribution in [0.1, 0.15) is 0 Å². The maximum atomic E-state index is 10.7. The van der Waals surface area contributed by atoms with Gasteiger partial charge in [-0.15, -0.1) is 0 Å². The molecule has 1 N–H and O–H groups in total. The Morgan fingerprint density at radius 1 is 1.36 bits per heavy atom. The number of rotatable bonds is 4. The van der Waals surface area contributed by atoms with E-state index in [1.807, 2.05) is 0 Å². The van der Waals surface area contributed by atoms with Gasteiger partial charge in [0, 0.05) is 7.11 Å². The van der Waals surface area contributed by atoms with E-state index in [1.165, 1.54) is 7.11 Å². The van der Waals surface area contributed by atoms with Crippen LogP contribution in [0, 0.1) is 5.41 Å². The molecule has 0 spiro atoms. The van der Waals surface area contributed by atoms with Crippen molar-refractivity contribution in [2.45, 2.75) is 0 Å². The van der Waals surface area contributed by atoms with E-state index >= 15 is 0 Å². The van der Waals surface area contributed by atoms with Crippen molar-refractivity contribution in [3.63, 3.8) is 0 Å². The highest BCUT2D eigenvalue weighted by Crippen LogP contribution is 1.83. The van der Waals surface area contributed by atoms with Crippen molar-refractivity contribution in [3.05, 3.63) is 0 Å². The van der Waals surface area contributed by atoms with Crippen molar-refractivity contribution in [1.29, 1.82) is 5.41 Å². The molecule has 5 heteroatoms. The van der Waals surface area contributed by atoms with Gasteiger partial charge >= 0.3 is 5.97 Å². The number of hydrogen-bond donors (Lipinski definition) is 1. The minimum atomic E-state index is -0.938. The summed E-state index contributed by atoms with van der Waals surface area (Å²) in [5.41, 5.74) is -0.686. The summed E-state index contributed by atoms with van der Waals surface area (Å²) in [4.78, 5) is 21.2. The van der Waals surface area contributed by atoms with E-state index in [0.29, 0.717) is 0 Å². The van der Waals surface area contributed by atoms with Crippen LogP contribution in [0.2, 0.25) is 0 Å². The molecule has 0 aliphatic heterocycles. The molecule has 0 aromatic heterocycles. The SMILES string of the molecule is COCC(=O)C(=N)C(=O)OC. The average Bonchev–Trinajstić information content (AvgIpc) is 2.02. The minimum absolute atomic E-state index is 0.270. The van der Waals surface area contributed by atoms with Crippen LogP contribution in [-0.4, -0.2) is 38.3 Å². The second kappa shape index (κ2) is 4.56. The summed E-state index contributed by atoms with van der Waals surface area (Å²) in [6, 6.07) is 0. The number of carbonyl (C=O) groups excluding carboxylic acids is 2. The Bertz CT molecular complexity index is 187. The Morgan fingerprint density at radius 2 is 1.91 bits per heavy atom. The number of methoxy groups -OCH3 is 2. The molecule has 0 aromatic carbocycles. The van der Waals surface area contributed by atoms with Crippen LogP contribution in [0.15, 0.2) is 0 Å². The summed E-state index contributed by atoms with van der Waals surface area (Å²) in [6.07, 6.45) is 0. The van der Waals surface area contributed by atoms with E-state index in [9.17, 15) is 9.59 Å².